The van der Waals surface area contributed by atoms with Gasteiger partial charge in [-0.15, -0.1) is 0 Å². The Kier molecular flexibility index (Phi) is 5.63. The van der Waals surface area contributed by atoms with Crippen molar-refractivity contribution in [3.63, 3.8) is 0 Å². The molecule has 4 aromatic rings. The standard InChI is InChI=1S/C25H19IO2/c1-18-2-10-22(11-3-18)27-23-12-4-19(5-13-23)20-6-14-24(15-7-20)28-25-16-8-21(26)9-17-25/h2-17H,1H3. The lowest BCUT2D eigenvalue weighted by Gasteiger charge is -2.09. The fourth-order valence-electron chi connectivity index (χ4n) is 2.81. The normalized spacial score (nSPS) is 10.5. The molecule has 0 bridgehead atoms. The average Bonchev–Trinajstić information content (AvgIpc) is 2.73. The summed E-state index contributed by atoms with van der Waals surface area (Å²) in [6.45, 7) is 2.06. The van der Waals surface area contributed by atoms with Gasteiger partial charge in [-0.1, -0.05) is 42.0 Å². The fraction of sp³-hybridized carbons (Fsp3) is 0.0400. The van der Waals surface area contributed by atoms with Crippen LogP contribution in [0.15, 0.2) is 97.1 Å². The van der Waals surface area contributed by atoms with Crippen molar-refractivity contribution in [2.75, 3.05) is 0 Å². The molecule has 0 fully saturated rings. The first-order chi connectivity index (χ1) is 13.7. The van der Waals surface area contributed by atoms with Gasteiger partial charge in [-0.05, 0) is 101 Å². The Morgan fingerprint density at radius 3 is 1.18 bits per heavy atom. The maximum absolute atomic E-state index is 5.90. The van der Waals surface area contributed by atoms with Crippen molar-refractivity contribution in [1.82, 2.24) is 0 Å². The van der Waals surface area contributed by atoms with Gasteiger partial charge in [-0.2, -0.15) is 0 Å². The Morgan fingerprint density at radius 2 is 0.786 bits per heavy atom. The van der Waals surface area contributed by atoms with E-state index in [0.29, 0.717) is 0 Å². The van der Waals surface area contributed by atoms with E-state index in [2.05, 4.69) is 53.8 Å². The van der Waals surface area contributed by atoms with Gasteiger partial charge < -0.3 is 9.47 Å². The molecular weight excluding hydrogens is 459 g/mol. The van der Waals surface area contributed by atoms with Crippen LogP contribution >= 0.6 is 22.6 Å². The van der Waals surface area contributed by atoms with E-state index in [-0.39, 0.29) is 0 Å². The van der Waals surface area contributed by atoms with E-state index in [4.69, 9.17) is 9.47 Å². The predicted molar refractivity (Wildman–Crippen MR) is 122 cm³/mol. The van der Waals surface area contributed by atoms with Crippen molar-refractivity contribution in [2.24, 2.45) is 0 Å². The number of rotatable bonds is 5. The monoisotopic (exact) mass is 478 g/mol. The topological polar surface area (TPSA) is 18.5 Å². The minimum Gasteiger partial charge on any atom is -0.457 e. The van der Waals surface area contributed by atoms with E-state index in [1.54, 1.807) is 0 Å². The van der Waals surface area contributed by atoms with Crippen molar-refractivity contribution in [2.45, 2.75) is 6.92 Å². The Hall–Kier alpha value is -2.79. The summed E-state index contributed by atoms with van der Waals surface area (Å²) in [7, 11) is 0. The Balaban J connectivity index is 1.43. The summed E-state index contributed by atoms with van der Waals surface area (Å²) in [6.07, 6.45) is 0. The van der Waals surface area contributed by atoms with Crippen molar-refractivity contribution in [3.05, 3.63) is 106 Å². The quantitative estimate of drug-likeness (QED) is 0.272. The minimum atomic E-state index is 0.823. The number of benzene rings is 4. The van der Waals surface area contributed by atoms with Gasteiger partial charge >= 0.3 is 0 Å². The number of hydrogen-bond donors (Lipinski definition) is 0. The summed E-state index contributed by atoms with van der Waals surface area (Å²) < 4.78 is 13.0. The maximum Gasteiger partial charge on any atom is 0.127 e. The van der Waals surface area contributed by atoms with Crippen molar-refractivity contribution in [3.8, 4) is 34.1 Å². The first-order valence-corrected chi connectivity index (χ1v) is 10.1. The molecule has 4 aromatic carbocycles. The molecule has 0 aliphatic carbocycles. The molecule has 0 unspecified atom stereocenters. The summed E-state index contributed by atoms with van der Waals surface area (Å²) in [5.74, 6) is 3.33. The molecule has 4 rings (SSSR count). The number of aryl methyl sites for hydroxylation is 1. The van der Waals surface area contributed by atoms with Crippen molar-refractivity contribution >= 4 is 22.6 Å². The Bertz CT molecular complexity index is 947. The van der Waals surface area contributed by atoms with E-state index in [9.17, 15) is 0 Å². The molecule has 138 valence electrons. The molecule has 28 heavy (non-hydrogen) atoms. The van der Waals surface area contributed by atoms with Crippen LogP contribution in [0.5, 0.6) is 23.0 Å². The second kappa shape index (κ2) is 8.48. The molecule has 0 aromatic heterocycles. The molecule has 0 atom stereocenters. The summed E-state index contributed by atoms with van der Waals surface area (Å²) in [5, 5.41) is 0. The third kappa shape index (κ3) is 4.73. The van der Waals surface area contributed by atoms with Crippen LogP contribution in [0.4, 0.5) is 0 Å². The van der Waals surface area contributed by atoms with E-state index in [0.717, 1.165) is 34.1 Å². The fourth-order valence-corrected chi connectivity index (χ4v) is 3.17. The number of halogens is 1. The smallest absolute Gasteiger partial charge is 0.127 e. The molecule has 0 saturated carbocycles. The van der Waals surface area contributed by atoms with Gasteiger partial charge in [-0.25, -0.2) is 0 Å². The third-order valence-electron chi connectivity index (χ3n) is 4.35. The van der Waals surface area contributed by atoms with Crippen molar-refractivity contribution < 1.29 is 9.47 Å². The zero-order valence-electron chi connectivity index (χ0n) is 15.4. The lowest BCUT2D eigenvalue weighted by Crippen LogP contribution is -1.86. The molecule has 0 radical (unpaired) electrons. The van der Waals surface area contributed by atoms with Gasteiger partial charge in [0.1, 0.15) is 23.0 Å². The molecule has 0 aliphatic heterocycles. The summed E-state index contributed by atoms with van der Waals surface area (Å²) in [5.41, 5.74) is 3.49. The second-order valence-electron chi connectivity index (χ2n) is 6.52. The molecule has 0 N–H and O–H groups in total. The average molecular weight is 478 g/mol. The van der Waals surface area contributed by atoms with Gasteiger partial charge in [0.25, 0.3) is 0 Å². The largest absolute Gasteiger partial charge is 0.457 e. The first kappa shape index (κ1) is 18.6. The molecule has 0 aliphatic rings. The maximum atomic E-state index is 5.90. The van der Waals surface area contributed by atoms with E-state index in [1.165, 1.54) is 9.13 Å². The van der Waals surface area contributed by atoms with Gasteiger partial charge in [0.05, 0.1) is 0 Å². The van der Waals surface area contributed by atoms with Crippen molar-refractivity contribution in [1.29, 1.82) is 0 Å². The van der Waals surface area contributed by atoms with Gasteiger partial charge in [0.2, 0.25) is 0 Å². The van der Waals surface area contributed by atoms with Crippen LogP contribution in [-0.4, -0.2) is 0 Å². The Morgan fingerprint density at radius 1 is 0.464 bits per heavy atom. The van der Waals surface area contributed by atoms with Gasteiger partial charge in [-0.3, -0.25) is 0 Å². The van der Waals surface area contributed by atoms with Crippen LogP contribution in [0, 0.1) is 10.5 Å². The van der Waals surface area contributed by atoms with Crippen LogP contribution in [0.1, 0.15) is 5.56 Å². The lowest BCUT2D eigenvalue weighted by atomic mass is 10.1. The minimum absolute atomic E-state index is 0.823. The molecular formula is C25H19IO2. The lowest BCUT2D eigenvalue weighted by molar-refractivity contribution is 0.482. The predicted octanol–water partition coefficient (Wildman–Crippen LogP) is 7.85. The van der Waals surface area contributed by atoms with E-state index >= 15 is 0 Å². The molecule has 0 amide bonds. The highest BCUT2D eigenvalue weighted by Crippen LogP contribution is 2.28. The van der Waals surface area contributed by atoms with Crippen LogP contribution in [0.2, 0.25) is 0 Å². The van der Waals surface area contributed by atoms with Gasteiger partial charge in [0.15, 0.2) is 0 Å². The summed E-state index contributed by atoms with van der Waals surface area (Å²) in [4.78, 5) is 0. The molecule has 2 nitrogen and oxygen atoms in total. The number of hydrogen-bond acceptors (Lipinski definition) is 2. The number of ether oxygens (including phenoxy) is 2. The zero-order chi connectivity index (χ0) is 19.3. The van der Waals surface area contributed by atoms with Crippen LogP contribution in [0.25, 0.3) is 11.1 Å². The molecule has 0 saturated heterocycles. The summed E-state index contributed by atoms with van der Waals surface area (Å²) >= 11 is 2.28. The van der Waals surface area contributed by atoms with E-state index < -0.39 is 0 Å². The summed E-state index contributed by atoms with van der Waals surface area (Å²) in [6, 6.07) is 32.3. The highest BCUT2D eigenvalue weighted by atomic mass is 127. The Labute approximate surface area is 178 Å². The van der Waals surface area contributed by atoms with Crippen LogP contribution in [-0.2, 0) is 0 Å². The first-order valence-electron chi connectivity index (χ1n) is 9.04. The second-order valence-corrected chi connectivity index (χ2v) is 7.77. The highest BCUT2D eigenvalue weighted by molar-refractivity contribution is 14.1. The third-order valence-corrected chi connectivity index (χ3v) is 5.07. The highest BCUT2D eigenvalue weighted by Gasteiger charge is 2.02. The van der Waals surface area contributed by atoms with Gasteiger partial charge in [0, 0.05) is 3.57 Å². The molecule has 0 heterocycles. The van der Waals surface area contributed by atoms with Crippen LogP contribution in [0.3, 0.4) is 0 Å². The molecule has 0 spiro atoms. The van der Waals surface area contributed by atoms with Crippen LogP contribution < -0.4 is 9.47 Å². The van der Waals surface area contributed by atoms with E-state index in [1.807, 2.05) is 72.8 Å². The zero-order valence-corrected chi connectivity index (χ0v) is 17.6. The molecule has 3 heteroatoms. The SMILES string of the molecule is Cc1ccc(Oc2ccc(-c3ccc(Oc4ccc(I)cc4)cc3)cc2)cc1.